The number of methoxy groups -OCH3 is 1. The van der Waals surface area contributed by atoms with Gasteiger partial charge in [-0.25, -0.2) is 0 Å². The van der Waals surface area contributed by atoms with Gasteiger partial charge in [0.2, 0.25) is 0 Å². The number of carbonyl (C=O) groups is 1. The van der Waals surface area contributed by atoms with Crippen molar-refractivity contribution >= 4 is 5.97 Å². The highest BCUT2D eigenvalue weighted by molar-refractivity contribution is 5.69. The van der Waals surface area contributed by atoms with Gasteiger partial charge in [-0.2, -0.15) is 0 Å². The number of rotatable bonds is 11. The van der Waals surface area contributed by atoms with Crippen molar-refractivity contribution in [3.05, 3.63) is 12.3 Å². The lowest BCUT2D eigenvalue weighted by molar-refractivity contribution is -0.140. The fourth-order valence-electron chi connectivity index (χ4n) is 1.57. The molecule has 0 aromatic carbocycles. The third kappa shape index (κ3) is 12.9. The van der Waals surface area contributed by atoms with E-state index in [4.69, 9.17) is 0 Å². The Kier molecular flexibility index (Phi) is 12.3. The first-order chi connectivity index (χ1) is 8.31. The third-order valence-corrected chi connectivity index (χ3v) is 2.66. The number of hydrogen-bond donors (Lipinski definition) is 1. The number of ether oxygens (including phenoxy) is 1. The van der Waals surface area contributed by atoms with Crippen molar-refractivity contribution in [1.82, 2.24) is 5.32 Å². The van der Waals surface area contributed by atoms with Gasteiger partial charge in [0.1, 0.15) is 0 Å². The molecule has 3 heteroatoms. The molecule has 0 saturated carbocycles. The highest BCUT2D eigenvalue weighted by Gasteiger charge is 1.96. The van der Waals surface area contributed by atoms with Gasteiger partial charge < -0.3 is 10.1 Å². The molecule has 0 radical (unpaired) electrons. The molecule has 0 atom stereocenters. The van der Waals surface area contributed by atoms with Crippen LogP contribution in [0.1, 0.15) is 58.3 Å². The first-order valence-electron chi connectivity index (χ1n) is 6.76. The summed E-state index contributed by atoms with van der Waals surface area (Å²) in [6.45, 7) is 2.89. The van der Waals surface area contributed by atoms with Crippen LogP contribution < -0.4 is 5.32 Å². The molecule has 0 aromatic rings. The summed E-state index contributed by atoms with van der Waals surface area (Å²) in [6.07, 6.45) is 13.6. The minimum Gasteiger partial charge on any atom is -0.469 e. The lowest BCUT2D eigenvalue weighted by Crippen LogP contribution is -2.12. The third-order valence-electron chi connectivity index (χ3n) is 2.66. The van der Waals surface area contributed by atoms with Crippen LogP contribution in [0.15, 0.2) is 12.3 Å². The molecule has 0 amide bonds. The van der Waals surface area contributed by atoms with Crippen LogP contribution in [0, 0.1) is 0 Å². The summed E-state index contributed by atoms with van der Waals surface area (Å²) in [6, 6.07) is 0. The monoisotopic (exact) mass is 241 g/mol. The molecule has 0 heterocycles. The number of hydrogen-bond acceptors (Lipinski definition) is 3. The number of unbranched alkanes of at least 4 members (excludes halogenated alkanes) is 6. The van der Waals surface area contributed by atoms with Crippen molar-refractivity contribution in [2.45, 2.75) is 58.3 Å². The Bertz CT molecular complexity index is 202. The molecule has 0 aliphatic carbocycles. The molecular weight excluding hydrogens is 214 g/mol. The van der Waals surface area contributed by atoms with E-state index in [0.29, 0.717) is 13.0 Å². The standard InChI is InChI=1S/C14H27NO2/c1-3-4-5-6-7-8-9-10-12-15-13-11-14(16)17-2/h10,12,15H,3-9,11,13H2,1-2H3. The molecule has 0 aromatic heterocycles. The maximum Gasteiger partial charge on any atom is 0.307 e. The van der Waals surface area contributed by atoms with Gasteiger partial charge in [-0.1, -0.05) is 45.1 Å². The zero-order valence-electron chi connectivity index (χ0n) is 11.3. The number of allylic oxidation sites excluding steroid dienone is 1. The second-order valence-corrected chi connectivity index (χ2v) is 4.24. The predicted octanol–water partition coefficient (Wildman–Crippen LogP) is 3.40. The fourth-order valence-corrected chi connectivity index (χ4v) is 1.57. The van der Waals surface area contributed by atoms with Crippen molar-refractivity contribution in [1.29, 1.82) is 0 Å². The molecule has 3 nitrogen and oxygen atoms in total. The summed E-state index contributed by atoms with van der Waals surface area (Å²) in [5, 5.41) is 3.08. The highest BCUT2D eigenvalue weighted by Crippen LogP contribution is 2.06. The Morgan fingerprint density at radius 1 is 1.18 bits per heavy atom. The zero-order chi connectivity index (χ0) is 12.8. The predicted molar refractivity (Wildman–Crippen MR) is 71.8 cm³/mol. The maximum absolute atomic E-state index is 10.8. The maximum atomic E-state index is 10.8. The summed E-state index contributed by atoms with van der Waals surface area (Å²) < 4.78 is 4.54. The molecule has 0 saturated heterocycles. The van der Waals surface area contributed by atoms with Gasteiger partial charge in [0, 0.05) is 6.54 Å². The van der Waals surface area contributed by atoms with Gasteiger partial charge in [-0.05, 0) is 19.0 Å². The van der Waals surface area contributed by atoms with Crippen LogP contribution in [0.4, 0.5) is 0 Å². The topological polar surface area (TPSA) is 38.3 Å². The van der Waals surface area contributed by atoms with Crippen LogP contribution in [-0.4, -0.2) is 19.6 Å². The lowest BCUT2D eigenvalue weighted by Gasteiger charge is -2.00. The first-order valence-corrected chi connectivity index (χ1v) is 6.76. The molecule has 0 rings (SSSR count). The van der Waals surface area contributed by atoms with Crippen LogP contribution in [0.3, 0.4) is 0 Å². The number of esters is 1. The van der Waals surface area contributed by atoms with Crippen molar-refractivity contribution in [2.75, 3.05) is 13.7 Å². The second kappa shape index (κ2) is 13.1. The lowest BCUT2D eigenvalue weighted by atomic mass is 10.1. The quantitative estimate of drug-likeness (QED) is 0.445. The number of carbonyl (C=O) groups excluding carboxylic acids is 1. The van der Waals surface area contributed by atoms with Gasteiger partial charge in [-0.15, -0.1) is 0 Å². The largest absolute Gasteiger partial charge is 0.469 e. The molecule has 17 heavy (non-hydrogen) atoms. The van der Waals surface area contributed by atoms with E-state index in [9.17, 15) is 4.79 Å². The van der Waals surface area contributed by atoms with E-state index >= 15 is 0 Å². The Balaban J connectivity index is 3.12. The van der Waals surface area contributed by atoms with E-state index in [2.05, 4.69) is 23.1 Å². The van der Waals surface area contributed by atoms with E-state index in [1.807, 2.05) is 6.20 Å². The average Bonchev–Trinajstić information content (AvgIpc) is 2.35. The molecule has 0 aliphatic rings. The average molecular weight is 241 g/mol. The summed E-state index contributed by atoms with van der Waals surface area (Å²) in [5.74, 6) is -0.165. The van der Waals surface area contributed by atoms with Crippen molar-refractivity contribution in [3.63, 3.8) is 0 Å². The molecule has 0 bridgehead atoms. The SMILES string of the molecule is CCCCCCCCC=CNCCC(=O)OC. The summed E-state index contributed by atoms with van der Waals surface area (Å²) in [7, 11) is 1.41. The summed E-state index contributed by atoms with van der Waals surface area (Å²) in [4.78, 5) is 10.8. The van der Waals surface area contributed by atoms with Gasteiger partial charge in [0.05, 0.1) is 13.5 Å². The summed E-state index contributed by atoms with van der Waals surface area (Å²) in [5.41, 5.74) is 0. The van der Waals surface area contributed by atoms with E-state index < -0.39 is 0 Å². The zero-order valence-corrected chi connectivity index (χ0v) is 11.3. The molecule has 0 unspecified atom stereocenters. The van der Waals surface area contributed by atoms with Crippen molar-refractivity contribution < 1.29 is 9.53 Å². The smallest absolute Gasteiger partial charge is 0.307 e. The second-order valence-electron chi connectivity index (χ2n) is 4.24. The summed E-state index contributed by atoms with van der Waals surface area (Å²) >= 11 is 0. The normalized spacial score (nSPS) is 10.7. The van der Waals surface area contributed by atoms with Gasteiger partial charge in [0.25, 0.3) is 0 Å². The molecule has 100 valence electrons. The first kappa shape index (κ1) is 16.0. The minimum atomic E-state index is -0.165. The van der Waals surface area contributed by atoms with Crippen LogP contribution >= 0.6 is 0 Å². The minimum absolute atomic E-state index is 0.165. The molecule has 0 fully saturated rings. The van der Waals surface area contributed by atoms with Crippen molar-refractivity contribution in [3.8, 4) is 0 Å². The Morgan fingerprint density at radius 3 is 2.59 bits per heavy atom. The van der Waals surface area contributed by atoms with E-state index in [1.54, 1.807) is 0 Å². The molecular formula is C14H27NO2. The van der Waals surface area contributed by atoms with Crippen LogP contribution in [-0.2, 0) is 9.53 Å². The fraction of sp³-hybridized carbons (Fsp3) is 0.786. The van der Waals surface area contributed by atoms with Gasteiger partial charge in [-0.3, -0.25) is 4.79 Å². The Hall–Kier alpha value is -0.990. The van der Waals surface area contributed by atoms with Gasteiger partial charge in [0.15, 0.2) is 0 Å². The van der Waals surface area contributed by atoms with E-state index in [-0.39, 0.29) is 5.97 Å². The Labute approximate surface area is 106 Å². The highest BCUT2D eigenvalue weighted by atomic mass is 16.5. The molecule has 0 aliphatic heterocycles. The van der Waals surface area contributed by atoms with Crippen molar-refractivity contribution in [2.24, 2.45) is 0 Å². The van der Waals surface area contributed by atoms with Crippen LogP contribution in [0.2, 0.25) is 0 Å². The number of nitrogens with one attached hydrogen (secondary N) is 1. The Morgan fingerprint density at radius 2 is 1.88 bits per heavy atom. The molecule has 1 N–H and O–H groups in total. The van der Waals surface area contributed by atoms with Crippen LogP contribution in [0.5, 0.6) is 0 Å². The van der Waals surface area contributed by atoms with E-state index in [0.717, 1.165) is 6.42 Å². The molecule has 0 spiro atoms. The van der Waals surface area contributed by atoms with Crippen LogP contribution in [0.25, 0.3) is 0 Å². The van der Waals surface area contributed by atoms with Gasteiger partial charge >= 0.3 is 5.97 Å². The van der Waals surface area contributed by atoms with E-state index in [1.165, 1.54) is 45.6 Å².